The van der Waals surface area contributed by atoms with Crippen LogP contribution in [0.15, 0.2) is 12.4 Å². The number of likely N-dealkylation sites (N-methyl/N-ethyl adjacent to an activating group) is 1. The molecule has 0 saturated carbocycles. The second-order valence-corrected chi connectivity index (χ2v) is 5.93. The van der Waals surface area contributed by atoms with Gasteiger partial charge in [-0.05, 0) is 25.8 Å². The summed E-state index contributed by atoms with van der Waals surface area (Å²) in [6, 6.07) is 0.397. The van der Waals surface area contributed by atoms with E-state index in [1.165, 1.54) is 0 Å². The summed E-state index contributed by atoms with van der Waals surface area (Å²) in [7, 11) is 2.07. The molecule has 1 aromatic heterocycles. The Morgan fingerprint density at radius 2 is 2.20 bits per heavy atom. The van der Waals surface area contributed by atoms with Crippen molar-refractivity contribution in [1.82, 2.24) is 15.3 Å². The van der Waals surface area contributed by atoms with Crippen LogP contribution < -0.4 is 10.2 Å². The molecule has 1 saturated heterocycles. The molecular weight excluding hydrogens is 252 g/mol. The molecule has 0 amide bonds. The second kappa shape index (κ2) is 6.99. The normalized spacial score (nSPS) is 22.4. The van der Waals surface area contributed by atoms with Gasteiger partial charge in [-0.15, -0.1) is 0 Å². The van der Waals surface area contributed by atoms with Crippen molar-refractivity contribution in [3.63, 3.8) is 0 Å². The molecule has 0 spiro atoms. The van der Waals surface area contributed by atoms with Crippen LogP contribution in [-0.4, -0.2) is 42.3 Å². The van der Waals surface area contributed by atoms with Crippen LogP contribution in [0.2, 0.25) is 0 Å². The van der Waals surface area contributed by atoms with E-state index in [-0.39, 0.29) is 6.10 Å². The topological polar surface area (TPSA) is 50.3 Å². The van der Waals surface area contributed by atoms with E-state index in [0.29, 0.717) is 12.0 Å². The molecule has 1 fully saturated rings. The van der Waals surface area contributed by atoms with Gasteiger partial charge >= 0.3 is 0 Å². The first-order valence-electron chi connectivity index (χ1n) is 7.44. The first kappa shape index (κ1) is 15.2. The molecule has 1 aromatic rings. The largest absolute Gasteiger partial charge is 0.376 e. The zero-order valence-electron chi connectivity index (χ0n) is 13.0. The minimum atomic E-state index is 0.259. The van der Waals surface area contributed by atoms with Crippen LogP contribution in [0.5, 0.6) is 0 Å². The molecule has 0 aliphatic carbocycles. The molecule has 2 heterocycles. The highest BCUT2D eigenvalue weighted by Gasteiger charge is 2.28. The van der Waals surface area contributed by atoms with E-state index in [2.05, 4.69) is 48.0 Å². The van der Waals surface area contributed by atoms with Crippen LogP contribution in [0.25, 0.3) is 0 Å². The van der Waals surface area contributed by atoms with Crippen molar-refractivity contribution in [2.75, 3.05) is 25.1 Å². The monoisotopic (exact) mass is 278 g/mol. The van der Waals surface area contributed by atoms with Gasteiger partial charge in [-0.3, -0.25) is 4.98 Å². The standard InChI is InChI=1S/C15H26N4O/c1-11(2)7-16-8-13-9-18-15(10-17-13)19(4)14-5-6-20-12(14)3/h9-12,14,16H,5-8H2,1-4H3. The van der Waals surface area contributed by atoms with Crippen LogP contribution in [0.1, 0.15) is 32.9 Å². The SMILES string of the molecule is CC(C)CNCc1cnc(N(C)C2CCOC2C)cn1. The third-order valence-electron chi connectivity index (χ3n) is 3.75. The molecule has 1 aliphatic heterocycles. The predicted molar refractivity (Wildman–Crippen MR) is 80.8 cm³/mol. The Bertz CT molecular complexity index is 407. The summed E-state index contributed by atoms with van der Waals surface area (Å²) in [5.74, 6) is 1.57. The van der Waals surface area contributed by atoms with E-state index >= 15 is 0 Å². The van der Waals surface area contributed by atoms with Crippen LogP contribution in [0, 0.1) is 5.92 Å². The van der Waals surface area contributed by atoms with E-state index in [0.717, 1.165) is 37.6 Å². The number of hydrogen-bond acceptors (Lipinski definition) is 5. The number of rotatable bonds is 6. The highest BCUT2D eigenvalue weighted by molar-refractivity contribution is 5.36. The number of aromatic nitrogens is 2. The summed E-state index contributed by atoms with van der Waals surface area (Å²) in [5.41, 5.74) is 0.985. The lowest BCUT2D eigenvalue weighted by atomic mass is 10.1. The molecule has 0 aromatic carbocycles. The van der Waals surface area contributed by atoms with E-state index in [9.17, 15) is 0 Å². The molecule has 2 rings (SSSR count). The number of nitrogens with one attached hydrogen (secondary N) is 1. The van der Waals surface area contributed by atoms with Gasteiger partial charge in [0.15, 0.2) is 0 Å². The van der Waals surface area contributed by atoms with Gasteiger partial charge in [0.2, 0.25) is 0 Å². The Hall–Kier alpha value is -1.20. The van der Waals surface area contributed by atoms with Crippen LogP contribution >= 0.6 is 0 Å². The van der Waals surface area contributed by atoms with Crippen LogP contribution in [0.3, 0.4) is 0 Å². The van der Waals surface area contributed by atoms with Crippen LogP contribution in [-0.2, 0) is 11.3 Å². The second-order valence-electron chi connectivity index (χ2n) is 5.93. The van der Waals surface area contributed by atoms with E-state index in [1.807, 2.05) is 12.4 Å². The lowest BCUT2D eigenvalue weighted by molar-refractivity contribution is 0.118. The van der Waals surface area contributed by atoms with Gasteiger partial charge in [0.1, 0.15) is 5.82 Å². The minimum Gasteiger partial charge on any atom is -0.376 e. The lowest BCUT2D eigenvalue weighted by Crippen LogP contribution is -2.37. The third-order valence-corrected chi connectivity index (χ3v) is 3.75. The maximum atomic E-state index is 5.61. The highest BCUT2D eigenvalue weighted by Crippen LogP contribution is 2.22. The molecule has 1 N–H and O–H groups in total. The summed E-state index contributed by atoms with van der Waals surface area (Å²) < 4.78 is 5.61. The van der Waals surface area contributed by atoms with Crippen molar-refractivity contribution in [1.29, 1.82) is 0 Å². The molecule has 1 aliphatic rings. The van der Waals surface area contributed by atoms with Gasteiger partial charge in [0.25, 0.3) is 0 Å². The minimum absolute atomic E-state index is 0.259. The Balaban J connectivity index is 1.90. The molecule has 112 valence electrons. The fourth-order valence-electron chi connectivity index (χ4n) is 2.51. The average molecular weight is 278 g/mol. The zero-order chi connectivity index (χ0) is 14.5. The fourth-order valence-corrected chi connectivity index (χ4v) is 2.51. The molecule has 5 nitrogen and oxygen atoms in total. The molecule has 20 heavy (non-hydrogen) atoms. The molecule has 2 atom stereocenters. The molecule has 0 bridgehead atoms. The number of nitrogens with zero attached hydrogens (tertiary/aromatic N) is 3. The molecule has 5 heteroatoms. The van der Waals surface area contributed by atoms with Gasteiger partial charge in [-0.25, -0.2) is 4.98 Å². The number of hydrogen-bond donors (Lipinski definition) is 1. The maximum Gasteiger partial charge on any atom is 0.147 e. The van der Waals surface area contributed by atoms with Crippen molar-refractivity contribution < 1.29 is 4.74 Å². The quantitative estimate of drug-likeness (QED) is 0.860. The fraction of sp³-hybridized carbons (Fsp3) is 0.733. The van der Waals surface area contributed by atoms with Crippen molar-refractivity contribution in [3.05, 3.63) is 18.1 Å². The zero-order valence-corrected chi connectivity index (χ0v) is 13.0. The van der Waals surface area contributed by atoms with Gasteiger partial charge < -0.3 is 15.0 Å². The van der Waals surface area contributed by atoms with Gasteiger partial charge in [0.05, 0.1) is 30.2 Å². The molecule has 2 unspecified atom stereocenters. The summed E-state index contributed by atoms with van der Waals surface area (Å²) >= 11 is 0. The van der Waals surface area contributed by atoms with Crippen molar-refractivity contribution in [2.45, 2.75) is 45.9 Å². The van der Waals surface area contributed by atoms with E-state index in [1.54, 1.807) is 0 Å². The van der Waals surface area contributed by atoms with Gasteiger partial charge in [-0.2, -0.15) is 0 Å². The Kier molecular flexibility index (Phi) is 5.31. The Labute approximate surface area is 121 Å². The average Bonchev–Trinajstić information content (AvgIpc) is 2.84. The van der Waals surface area contributed by atoms with Crippen molar-refractivity contribution in [3.8, 4) is 0 Å². The predicted octanol–water partition coefficient (Wildman–Crippen LogP) is 1.84. The van der Waals surface area contributed by atoms with Crippen molar-refractivity contribution in [2.24, 2.45) is 5.92 Å². The first-order valence-corrected chi connectivity index (χ1v) is 7.44. The Morgan fingerprint density at radius 3 is 2.75 bits per heavy atom. The summed E-state index contributed by atoms with van der Waals surface area (Å²) in [6.07, 6.45) is 5.03. The molecular formula is C15H26N4O. The van der Waals surface area contributed by atoms with Gasteiger partial charge in [-0.1, -0.05) is 13.8 Å². The van der Waals surface area contributed by atoms with E-state index < -0.39 is 0 Å². The summed E-state index contributed by atoms with van der Waals surface area (Å²) in [6.45, 7) is 9.12. The number of ether oxygens (including phenoxy) is 1. The first-order chi connectivity index (χ1) is 9.58. The Morgan fingerprint density at radius 1 is 1.40 bits per heavy atom. The van der Waals surface area contributed by atoms with Crippen molar-refractivity contribution >= 4 is 5.82 Å². The highest BCUT2D eigenvalue weighted by atomic mass is 16.5. The van der Waals surface area contributed by atoms with Crippen LogP contribution in [0.4, 0.5) is 5.82 Å². The van der Waals surface area contributed by atoms with E-state index in [4.69, 9.17) is 4.74 Å². The molecule has 0 radical (unpaired) electrons. The third kappa shape index (κ3) is 3.90. The lowest BCUT2D eigenvalue weighted by Gasteiger charge is -2.27. The van der Waals surface area contributed by atoms with Gasteiger partial charge in [0, 0.05) is 20.2 Å². The maximum absolute atomic E-state index is 5.61. The summed E-state index contributed by atoms with van der Waals surface area (Å²) in [5, 5.41) is 3.38. The smallest absolute Gasteiger partial charge is 0.147 e. The summed E-state index contributed by atoms with van der Waals surface area (Å²) in [4.78, 5) is 11.2. The number of anilines is 1.